The molecule has 6 nitrogen and oxygen atoms in total. The first-order valence-corrected chi connectivity index (χ1v) is 8.46. The lowest BCUT2D eigenvalue weighted by Crippen LogP contribution is -2.44. The molecule has 0 N–H and O–H groups in total. The molecule has 0 saturated heterocycles. The van der Waals surface area contributed by atoms with Gasteiger partial charge >= 0.3 is 0 Å². The average molecular weight is 349 g/mol. The van der Waals surface area contributed by atoms with Crippen molar-refractivity contribution in [2.45, 2.75) is 45.9 Å². The molecular formula is C17H21ClN4O2. The molecule has 1 aromatic heterocycles. The summed E-state index contributed by atoms with van der Waals surface area (Å²) in [6.45, 7) is 7.77. The number of carbonyl (C=O) groups is 1. The monoisotopic (exact) mass is 348 g/mol. The third-order valence-corrected chi connectivity index (χ3v) is 4.34. The molecule has 2 heterocycles. The Balaban J connectivity index is 1.66. The van der Waals surface area contributed by atoms with E-state index >= 15 is 0 Å². The highest BCUT2D eigenvalue weighted by Crippen LogP contribution is 2.20. The van der Waals surface area contributed by atoms with Gasteiger partial charge in [-0.15, -0.1) is 10.2 Å². The van der Waals surface area contributed by atoms with Gasteiger partial charge in [0, 0.05) is 24.0 Å². The molecule has 0 spiro atoms. The standard InChI is InChI=1S/C17H21ClN4O2/c1-11(2)16-20-19-15-10-21(8-9-22(15)16)17(23)12(3)24-14-6-4-13(18)5-7-14/h4-7,11-12H,8-10H2,1-3H3/t12-/m0/s1. The van der Waals surface area contributed by atoms with Crippen molar-refractivity contribution >= 4 is 17.5 Å². The fraction of sp³-hybridized carbons (Fsp3) is 0.471. The number of fused-ring (bicyclic) bond motifs is 1. The molecule has 2 aromatic rings. The molecular weight excluding hydrogens is 328 g/mol. The van der Waals surface area contributed by atoms with E-state index in [0.717, 1.165) is 18.2 Å². The number of nitrogens with zero attached hydrogens (tertiary/aromatic N) is 4. The smallest absolute Gasteiger partial charge is 0.263 e. The van der Waals surface area contributed by atoms with E-state index in [0.29, 0.717) is 29.8 Å². The van der Waals surface area contributed by atoms with E-state index in [1.54, 1.807) is 36.1 Å². The molecule has 1 amide bonds. The number of aromatic nitrogens is 3. The van der Waals surface area contributed by atoms with Crippen LogP contribution < -0.4 is 4.74 Å². The molecule has 128 valence electrons. The van der Waals surface area contributed by atoms with Crippen LogP contribution in [0.15, 0.2) is 24.3 Å². The maximum absolute atomic E-state index is 12.6. The predicted molar refractivity (Wildman–Crippen MR) is 91.1 cm³/mol. The fourth-order valence-electron chi connectivity index (χ4n) is 2.82. The van der Waals surface area contributed by atoms with E-state index in [1.165, 1.54) is 0 Å². The highest BCUT2D eigenvalue weighted by Gasteiger charge is 2.28. The van der Waals surface area contributed by atoms with Gasteiger partial charge in [-0.1, -0.05) is 25.4 Å². The van der Waals surface area contributed by atoms with Crippen molar-refractivity contribution in [2.75, 3.05) is 6.54 Å². The molecule has 0 bridgehead atoms. The molecule has 0 unspecified atom stereocenters. The minimum absolute atomic E-state index is 0.0507. The highest BCUT2D eigenvalue weighted by atomic mass is 35.5. The molecule has 24 heavy (non-hydrogen) atoms. The Morgan fingerprint density at radius 2 is 1.88 bits per heavy atom. The maximum atomic E-state index is 12.6. The lowest BCUT2D eigenvalue weighted by atomic mass is 10.2. The molecule has 0 saturated carbocycles. The van der Waals surface area contributed by atoms with Gasteiger partial charge in [-0.25, -0.2) is 0 Å². The summed E-state index contributed by atoms with van der Waals surface area (Å²) in [6, 6.07) is 7.00. The van der Waals surface area contributed by atoms with Gasteiger partial charge in [-0.2, -0.15) is 0 Å². The molecule has 1 aliphatic rings. The highest BCUT2D eigenvalue weighted by molar-refractivity contribution is 6.30. The van der Waals surface area contributed by atoms with Crippen molar-refractivity contribution < 1.29 is 9.53 Å². The van der Waals surface area contributed by atoms with Gasteiger partial charge in [0.15, 0.2) is 11.9 Å². The Morgan fingerprint density at radius 3 is 2.54 bits per heavy atom. The summed E-state index contributed by atoms with van der Waals surface area (Å²) in [7, 11) is 0. The number of ether oxygens (including phenoxy) is 1. The van der Waals surface area contributed by atoms with Crippen molar-refractivity contribution in [3.05, 3.63) is 40.9 Å². The number of benzene rings is 1. The van der Waals surface area contributed by atoms with Gasteiger partial charge in [-0.3, -0.25) is 4.79 Å². The second-order valence-electron chi connectivity index (χ2n) is 6.25. The summed E-state index contributed by atoms with van der Waals surface area (Å²) in [6.07, 6.45) is -0.565. The predicted octanol–water partition coefficient (Wildman–Crippen LogP) is 2.86. The van der Waals surface area contributed by atoms with Crippen molar-refractivity contribution in [3.63, 3.8) is 0 Å². The second kappa shape index (κ2) is 6.81. The summed E-state index contributed by atoms with van der Waals surface area (Å²) in [5, 5.41) is 9.11. The van der Waals surface area contributed by atoms with Gasteiger partial charge in [0.2, 0.25) is 0 Å². The van der Waals surface area contributed by atoms with E-state index in [-0.39, 0.29) is 5.91 Å². The minimum atomic E-state index is -0.565. The van der Waals surface area contributed by atoms with Crippen LogP contribution in [0.2, 0.25) is 5.02 Å². The number of hydrogen-bond donors (Lipinski definition) is 0. The van der Waals surface area contributed by atoms with Crippen LogP contribution in [-0.2, 0) is 17.9 Å². The third kappa shape index (κ3) is 3.38. The lowest BCUT2D eigenvalue weighted by Gasteiger charge is -2.30. The number of hydrogen-bond acceptors (Lipinski definition) is 4. The number of carbonyl (C=O) groups excluding carboxylic acids is 1. The molecule has 0 fully saturated rings. The van der Waals surface area contributed by atoms with Gasteiger partial charge < -0.3 is 14.2 Å². The van der Waals surface area contributed by atoms with Crippen LogP contribution in [0.5, 0.6) is 5.75 Å². The SMILES string of the molecule is CC(C)c1nnc2n1CCN(C(=O)[C@H](C)Oc1ccc(Cl)cc1)C2. The normalized spacial score (nSPS) is 15.3. The van der Waals surface area contributed by atoms with E-state index in [2.05, 4.69) is 28.6 Å². The van der Waals surface area contributed by atoms with Crippen LogP contribution >= 0.6 is 11.6 Å². The Morgan fingerprint density at radius 1 is 1.17 bits per heavy atom. The molecule has 1 atom stereocenters. The van der Waals surface area contributed by atoms with E-state index in [1.807, 2.05) is 0 Å². The molecule has 7 heteroatoms. The van der Waals surface area contributed by atoms with Crippen molar-refractivity contribution in [1.82, 2.24) is 19.7 Å². The number of rotatable bonds is 4. The summed E-state index contributed by atoms with van der Waals surface area (Å²) in [5.74, 6) is 2.70. The molecule has 3 rings (SSSR count). The average Bonchev–Trinajstić information content (AvgIpc) is 2.99. The zero-order valence-corrected chi connectivity index (χ0v) is 14.8. The Hall–Kier alpha value is -2.08. The number of halogens is 1. The third-order valence-electron chi connectivity index (χ3n) is 4.08. The van der Waals surface area contributed by atoms with Crippen LogP contribution in [0.1, 0.15) is 38.3 Å². The minimum Gasteiger partial charge on any atom is -0.481 e. The maximum Gasteiger partial charge on any atom is 0.263 e. The first kappa shape index (κ1) is 16.8. The van der Waals surface area contributed by atoms with Gasteiger partial charge in [0.05, 0.1) is 6.54 Å². The van der Waals surface area contributed by atoms with Crippen LogP contribution in [0.25, 0.3) is 0 Å². The van der Waals surface area contributed by atoms with E-state index in [9.17, 15) is 4.79 Å². The van der Waals surface area contributed by atoms with Crippen molar-refractivity contribution in [2.24, 2.45) is 0 Å². The zero-order chi connectivity index (χ0) is 17.3. The van der Waals surface area contributed by atoms with Crippen LogP contribution in [-0.4, -0.2) is 38.2 Å². The summed E-state index contributed by atoms with van der Waals surface area (Å²) in [5.41, 5.74) is 0. The summed E-state index contributed by atoms with van der Waals surface area (Å²) >= 11 is 5.86. The summed E-state index contributed by atoms with van der Waals surface area (Å²) < 4.78 is 7.83. The van der Waals surface area contributed by atoms with E-state index < -0.39 is 6.10 Å². The molecule has 0 aliphatic carbocycles. The Bertz CT molecular complexity index is 727. The molecule has 0 radical (unpaired) electrons. The molecule has 1 aromatic carbocycles. The molecule has 1 aliphatic heterocycles. The van der Waals surface area contributed by atoms with E-state index in [4.69, 9.17) is 16.3 Å². The number of amides is 1. The lowest BCUT2D eigenvalue weighted by molar-refractivity contribution is -0.139. The second-order valence-corrected chi connectivity index (χ2v) is 6.69. The van der Waals surface area contributed by atoms with Gasteiger partial charge in [-0.05, 0) is 31.2 Å². The summed E-state index contributed by atoms with van der Waals surface area (Å²) in [4.78, 5) is 14.4. The largest absolute Gasteiger partial charge is 0.481 e. The van der Waals surface area contributed by atoms with Crippen LogP contribution in [0.4, 0.5) is 0 Å². The zero-order valence-electron chi connectivity index (χ0n) is 14.1. The van der Waals surface area contributed by atoms with Crippen molar-refractivity contribution in [1.29, 1.82) is 0 Å². The van der Waals surface area contributed by atoms with Crippen molar-refractivity contribution in [3.8, 4) is 5.75 Å². The topological polar surface area (TPSA) is 60.2 Å². The first-order chi connectivity index (χ1) is 11.5. The fourth-order valence-corrected chi connectivity index (χ4v) is 2.95. The Kier molecular flexibility index (Phi) is 4.76. The van der Waals surface area contributed by atoms with Crippen LogP contribution in [0, 0.1) is 0 Å². The Labute approximate surface area is 146 Å². The van der Waals surface area contributed by atoms with Gasteiger partial charge in [0.25, 0.3) is 5.91 Å². The quantitative estimate of drug-likeness (QED) is 0.852. The van der Waals surface area contributed by atoms with Gasteiger partial charge in [0.1, 0.15) is 11.6 Å². The first-order valence-electron chi connectivity index (χ1n) is 8.08. The van der Waals surface area contributed by atoms with Crippen LogP contribution in [0.3, 0.4) is 0 Å².